The van der Waals surface area contributed by atoms with Crippen LogP contribution in [0.1, 0.15) is 10.4 Å². The van der Waals surface area contributed by atoms with Gasteiger partial charge in [-0.05, 0) is 12.1 Å². The topological polar surface area (TPSA) is 97.8 Å². The van der Waals surface area contributed by atoms with E-state index in [-0.39, 0.29) is 18.1 Å². The fourth-order valence-corrected chi connectivity index (χ4v) is 1.37. The van der Waals surface area contributed by atoms with Gasteiger partial charge in [-0.2, -0.15) is 0 Å². The Morgan fingerprint density at radius 2 is 2.53 bits per heavy atom. The molecule has 1 saturated heterocycles. The molecule has 0 aromatic carbocycles. The normalized spacial score (nSPS) is 18.4. The Kier molecular flexibility index (Phi) is 3.08. The molecule has 1 aliphatic heterocycles. The van der Waals surface area contributed by atoms with Crippen molar-refractivity contribution in [1.82, 2.24) is 10.3 Å². The van der Waals surface area contributed by atoms with Gasteiger partial charge in [0.1, 0.15) is 12.2 Å². The Hall–Kier alpha value is -2.31. The maximum absolute atomic E-state index is 10.9. The van der Waals surface area contributed by atoms with Crippen molar-refractivity contribution < 1.29 is 24.2 Å². The van der Waals surface area contributed by atoms with E-state index in [1.165, 1.54) is 18.3 Å². The number of cyclic esters (lactones) is 1. The molecule has 2 heterocycles. The molecule has 7 heteroatoms. The van der Waals surface area contributed by atoms with Gasteiger partial charge in [-0.25, -0.2) is 14.6 Å². The van der Waals surface area contributed by atoms with Gasteiger partial charge >= 0.3 is 12.1 Å². The lowest BCUT2D eigenvalue weighted by Gasteiger charge is -2.10. The average Bonchev–Trinajstić information content (AvgIpc) is 2.73. The molecule has 2 N–H and O–H groups in total. The van der Waals surface area contributed by atoms with Crippen molar-refractivity contribution >= 4 is 12.1 Å². The molecule has 0 saturated carbocycles. The SMILES string of the molecule is O=C1NCC(COc2ncccc2C(=O)O)O1. The molecule has 0 spiro atoms. The highest BCUT2D eigenvalue weighted by Gasteiger charge is 2.24. The maximum Gasteiger partial charge on any atom is 0.407 e. The fraction of sp³-hybridized carbons (Fsp3) is 0.300. The van der Waals surface area contributed by atoms with Crippen LogP contribution in [0.15, 0.2) is 18.3 Å². The number of aromatic carboxylic acids is 1. The summed E-state index contributed by atoms with van der Waals surface area (Å²) in [5, 5.41) is 11.3. The van der Waals surface area contributed by atoms with Crippen molar-refractivity contribution in [3.05, 3.63) is 23.9 Å². The number of alkyl carbamates (subject to hydrolysis) is 1. The van der Waals surface area contributed by atoms with E-state index < -0.39 is 18.2 Å². The van der Waals surface area contributed by atoms with Gasteiger partial charge in [-0.3, -0.25) is 0 Å². The van der Waals surface area contributed by atoms with E-state index in [4.69, 9.17) is 14.6 Å². The second kappa shape index (κ2) is 4.69. The highest BCUT2D eigenvalue weighted by atomic mass is 16.6. The lowest BCUT2D eigenvalue weighted by Crippen LogP contribution is -2.22. The lowest BCUT2D eigenvalue weighted by molar-refractivity contribution is 0.0681. The number of carbonyl (C=O) groups is 2. The first-order valence-electron chi connectivity index (χ1n) is 4.92. The molecular formula is C10H10N2O5. The van der Waals surface area contributed by atoms with Crippen LogP contribution in [0.4, 0.5) is 4.79 Å². The van der Waals surface area contributed by atoms with Crippen molar-refractivity contribution in [3.63, 3.8) is 0 Å². The summed E-state index contributed by atoms with van der Waals surface area (Å²) in [6.07, 6.45) is 0.505. The van der Waals surface area contributed by atoms with Crippen molar-refractivity contribution in [2.24, 2.45) is 0 Å². The minimum absolute atomic E-state index is 0.0166. The highest BCUT2D eigenvalue weighted by molar-refractivity contribution is 5.90. The number of ether oxygens (including phenoxy) is 2. The van der Waals surface area contributed by atoms with E-state index in [1.54, 1.807) is 0 Å². The predicted octanol–water partition coefficient (Wildman–Crippen LogP) is 0.267. The van der Waals surface area contributed by atoms with Gasteiger partial charge in [-0.15, -0.1) is 0 Å². The zero-order valence-electron chi connectivity index (χ0n) is 8.75. The van der Waals surface area contributed by atoms with E-state index >= 15 is 0 Å². The van der Waals surface area contributed by atoms with E-state index in [1.807, 2.05) is 0 Å². The molecule has 90 valence electrons. The molecule has 1 aromatic heterocycles. The molecule has 0 bridgehead atoms. The van der Waals surface area contributed by atoms with Crippen LogP contribution < -0.4 is 10.1 Å². The van der Waals surface area contributed by atoms with Crippen LogP contribution in [-0.4, -0.2) is 41.4 Å². The van der Waals surface area contributed by atoms with Crippen LogP contribution in [0, 0.1) is 0 Å². The monoisotopic (exact) mass is 238 g/mol. The zero-order valence-corrected chi connectivity index (χ0v) is 8.75. The van der Waals surface area contributed by atoms with Gasteiger partial charge in [0, 0.05) is 6.20 Å². The fourth-order valence-electron chi connectivity index (χ4n) is 1.37. The molecule has 1 aliphatic rings. The van der Waals surface area contributed by atoms with Gasteiger partial charge in [0.05, 0.1) is 6.54 Å². The molecule has 1 amide bonds. The smallest absolute Gasteiger partial charge is 0.407 e. The van der Waals surface area contributed by atoms with Crippen molar-refractivity contribution in [2.75, 3.05) is 13.2 Å². The summed E-state index contributed by atoms with van der Waals surface area (Å²) in [7, 11) is 0. The minimum Gasteiger partial charge on any atom is -0.477 e. The molecule has 0 radical (unpaired) electrons. The molecule has 1 aromatic rings. The summed E-state index contributed by atoms with van der Waals surface area (Å²) in [5.41, 5.74) is -0.0233. The largest absolute Gasteiger partial charge is 0.477 e. The summed E-state index contributed by atoms with van der Waals surface area (Å²) in [6.45, 7) is 0.407. The molecule has 2 rings (SSSR count). The molecule has 17 heavy (non-hydrogen) atoms. The third-order valence-electron chi connectivity index (χ3n) is 2.16. The van der Waals surface area contributed by atoms with E-state index in [2.05, 4.69) is 10.3 Å². The van der Waals surface area contributed by atoms with E-state index in [9.17, 15) is 9.59 Å². The number of aromatic nitrogens is 1. The Morgan fingerprint density at radius 1 is 1.71 bits per heavy atom. The molecule has 1 atom stereocenters. The molecule has 7 nitrogen and oxygen atoms in total. The number of hydrogen-bond donors (Lipinski definition) is 2. The van der Waals surface area contributed by atoms with Crippen LogP contribution in [-0.2, 0) is 4.74 Å². The average molecular weight is 238 g/mol. The van der Waals surface area contributed by atoms with E-state index in [0.29, 0.717) is 6.54 Å². The summed E-state index contributed by atoms with van der Waals surface area (Å²) < 4.78 is 10.1. The Morgan fingerprint density at radius 3 is 3.18 bits per heavy atom. The second-order valence-electron chi connectivity index (χ2n) is 3.38. The minimum atomic E-state index is -1.12. The van der Waals surface area contributed by atoms with Crippen molar-refractivity contribution in [1.29, 1.82) is 0 Å². The third kappa shape index (κ3) is 2.63. The van der Waals surface area contributed by atoms with Gasteiger partial charge < -0.3 is 19.9 Å². The molecule has 1 unspecified atom stereocenters. The number of carbonyl (C=O) groups excluding carboxylic acids is 1. The van der Waals surface area contributed by atoms with Gasteiger partial charge in [0.25, 0.3) is 0 Å². The first-order chi connectivity index (χ1) is 8.16. The van der Waals surface area contributed by atoms with E-state index in [0.717, 1.165) is 0 Å². The van der Waals surface area contributed by atoms with Crippen LogP contribution in [0.25, 0.3) is 0 Å². The van der Waals surface area contributed by atoms with Crippen LogP contribution in [0.3, 0.4) is 0 Å². The number of rotatable bonds is 4. The van der Waals surface area contributed by atoms with Crippen molar-refractivity contribution in [2.45, 2.75) is 6.10 Å². The van der Waals surface area contributed by atoms with Gasteiger partial charge in [-0.1, -0.05) is 0 Å². The Bertz CT molecular complexity index is 448. The highest BCUT2D eigenvalue weighted by Crippen LogP contribution is 2.15. The number of nitrogens with zero attached hydrogens (tertiary/aromatic N) is 1. The lowest BCUT2D eigenvalue weighted by atomic mass is 10.3. The van der Waals surface area contributed by atoms with Gasteiger partial charge in [0.15, 0.2) is 6.10 Å². The standard InChI is InChI=1S/C10H10N2O5/c13-9(14)7-2-1-3-11-8(7)16-5-6-4-12-10(15)17-6/h1-3,6H,4-5H2,(H,12,15)(H,13,14). The summed E-state index contributed by atoms with van der Waals surface area (Å²) >= 11 is 0. The first kappa shape index (κ1) is 11.2. The second-order valence-corrected chi connectivity index (χ2v) is 3.38. The summed E-state index contributed by atoms with van der Waals surface area (Å²) in [6, 6.07) is 2.90. The van der Waals surface area contributed by atoms with Crippen LogP contribution in [0.2, 0.25) is 0 Å². The number of carboxylic acids is 1. The number of hydrogen-bond acceptors (Lipinski definition) is 5. The quantitative estimate of drug-likeness (QED) is 0.781. The summed E-state index contributed by atoms with van der Waals surface area (Å²) in [5.74, 6) is -1.10. The molecule has 1 fully saturated rings. The van der Waals surface area contributed by atoms with Crippen LogP contribution >= 0.6 is 0 Å². The number of amides is 1. The molecule has 0 aliphatic carbocycles. The van der Waals surface area contributed by atoms with Gasteiger partial charge in [0.2, 0.25) is 5.88 Å². The van der Waals surface area contributed by atoms with Crippen LogP contribution in [0.5, 0.6) is 5.88 Å². The van der Waals surface area contributed by atoms with Crippen molar-refractivity contribution in [3.8, 4) is 5.88 Å². The Labute approximate surface area is 96.4 Å². The number of nitrogens with one attached hydrogen (secondary N) is 1. The Balaban J connectivity index is 1.99. The third-order valence-corrected chi connectivity index (χ3v) is 2.16. The summed E-state index contributed by atoms with van der Waals surface area (Å²) in [4.78, 5) is 25.4. The maximum atomic E-state index is 10.9. The number of carboxylic acid groups (broad SMARTS) is 1. The molecular weight excluding hydrogens is 228 g/mol. The first-order valence-corrected chi connectivity index (χ1v) is 4.92. The predicted molar refractivity (Wildman–Crippen MR) is 55.0 cm³/mol. The number of pyridine rings is 1. The zero-order chi connectivity index (χ0) is 12.3.